The van der Waals surface area contributed by atoms with Gasteiger partial charge in [-0.25, -0.2) is 0 Å². The van der Waals surface area contributed by atoms with Gasteiger partial charge in [-0.1, -0.05) is 77.0 Å². The van der Waals surface area contributed by atoms with Crippen LogP contribution in [0.5, 0.6) is 5.75 Å². The second-order valence-corrected chi connectivity index (χ2v) is 14.6. The molecule has 4 rings (SSSR count). The lowest BCUT2D eigenvalue weighted by molar-refractivity contribution is -0.122. The lowest BCUT2D eigenvalue weighted by atomic mass is 9.76. The molecule has 0 aliphatic carbocycles. The first-order chi connectivity index (χ1) is 20.0. The van der Waals surface area contributed by atoms with Crippen molar-refractivity contribution >= 4 is 51.9 Å². The Bertz CT molecular complexity index is 1370. The van der Waals surface area contributed by atoms with Gasteiger partial charge in [-0.15, -0.1) is 0 Å². The van der Waals surface area contributed by atoms with Crippen LogP contribution in [0.4, 0.5) is 5.69 Å². The van der Waals surface area contributed by atoms with Crippen molar-refractivity contribution < 1.29 is 9.53 Å². The molecule has 2 aromatic carbocycles. The summed E-state index contributed by atoms with van der Waals surface area (Å²) in [5, 5.41) is 2.47. The first-order valence-electron chi connectivity index (χ1n) is 15.3. The molecule has 2 aliphatic heterocycles. The first kappa shape index (κ1) is 32.8. The Balaban J connectivity index is 1.40. The molecule has 1 fully saturated rings. The molecule has 228 valence electrons. The van der Waals surface area contributed by atoms with Crippen LogP contribution in [-0.4, -0.2) is 42.2 Å². The Morgan fingerprint density at radius 3 is 2.26 bits per heavy atom. The van der Waals surface area contributed by atoms with Crippen molar-refractivity contribution in [1.82, 2.24) is 4.90 Å². The maximum absolute atomic E-state index is 13.4. The number of thioether (sulfide) groups is 2. The van der Waals surface area contributed by atoms with E-state index in [-0.39, 0.29) is 16.7 Å². The van der Waals surface area contributed by atoms with Gasteiger partial charge in [0.2, 0.25) is 0 Å². The van der Waals surface area contributed by atoms with Gasteiger partial charge in [0, 0.05) is 35.1 Å². The van der Waals surface area contributed by atoms with Gasteiger partial charge >= 0.3 is 0 Å². The third-order valence-electron chi connectivity index (χ3n) is 8.67. The van der Waals surface area contributed by atoms with E-state index in [9.17, 15) is 4.79 Å². The van der Waals surface area contributed by atoms with Crippen molar-refractivity contribution in [2.45, 2.75) is 96.8 Å². The van der Waals surface area contributed by atoms with E-state index in [4.69, 9.17) is 21.3 Å². The average Bonchev–Trinajstić information content (AvgIpc) is 3.50. The molecular weight excluding hydrogens is 582 g/mol. The van der Waals surface area contributed by atoms with Crippen molar-refractivity contribution in [2.24, 2.45) is 4.99 Å². The summed E-state index contributed by atoms with van der Waals surface area (Å²) in [5.41, 5.74) is 3.91. The lowest BCUT2D eigenvalue weighted by Crippen LogP contribution is -2.29. The Kier molecular flexibility index (Phi) is 10.7. The largest absolute Gasteiger partial charge is 0.493 e. The zero-order valence-corrected chi connectivity index (χ0v) is 28.9. The molecule has 42 heavy (non-hydrogen) atoms. The number of unbranched alkanes of at least 4 members (excludes halogenated alkanes) is 1. The van der Waals surface area contributed by atoms with E-state index >= 15 is 0 Å². The molecule has 1 saturated heterocycles. The van der Waals surface area contributed by atoms with Crippen LogP contribution in [0.1, 0.15) is 92.2 Å². The maximum atomic E-state index is 13.4. The molecule has 0 saturated carbocycles. The first-order valence-corrected chi connectivity index (χ1v) is 17.3. The fraction of sp³-hybridized carbons (Fsp3) is 0.529. The van der Waals surface area contributed by atoms with Crippen LogP contribution in [0.15, 0.2) is 56.2 Å². The number of carbonyl (C=O) groups is 1. The average molecular weight is 628 g/mol. The SMILES string of the molecule is CCN1C(=O)/C(=C2/Sc3ccc(Cl)cc3N2CC)SC1=NCCCCOc1ccc(C(C)(C)CC)cc1C(C)(C)CC. The van der Waals surface area contributed by atoms with Crippen molar-refractivity contribution in [3.05, 3.63) is 62.5 Å². The summed E-state index contributed by atoms with van der Waals surface area (Å²) in [5.74, 6) is 1.02. The Hall–Kier alpha value is -2.09. The predicted molar refractivity (Wildman–Crippen MR) is 182 cm³/mol. The summed E-state index contributed by atoms with van der Waals surface area (Å²) in [6.07, 6.45) is 3.94. The molecule has 0 spiro atoms. The number of benzene rings is 2. The number of amides is 1. The number of aliphatic imine (C=N–C) groups is 1. The second-order valence-electron chi connectivity index (χ2n) is 12.1. The highest BCUT2D eigenvalue weighted by molar-refractivity contribution is 8.19. The molecule has 0 N–H and O–H groups in total. The fourth-order valence-electron chi connectivity index (χ4n) is 5.04. The van der Waals surface area contributed by atoms with E-state index in [1.165, 1.54) is 22.9 Å². The van der Waals surface area contributed by atoms with Crippen LogP contribution >= 0.6 is 35.1 Å². The summed E-state index contributed by atoms with van der Waals surface area (Å²) in [7, 11) is 0. The number of amidine groups is 1. The number of anilines is 1. The highest BCUT2D eigenvalue weighted by Crippen LogP contribution is 2.51. The molecule has 0 bridgehead atoms. The van der Waals surface area contributed by atoms with Crippen LogP contribution < -0.4 is 9.64 Å². The minimum Gasteiger partial charge on any atom is -0.493 e. The zero-order valence-electron chi connectivity index (χ0n) is 26.5. The van der Waals surface area contributed by atoms with Crippen LogP contribution in [0, 0.1) is 0 Å². The van der Waals surface area contributed by atoms with E-state index in [0.717, 1.165) is 63.7 Å². The monoisotopic (exact) mass is 627 g/mol. The fourth-order valence-corrected chi connectivity index (χ4v) is 7.65. The lowest BCUT2D eigenvalue weighted by Gasteiger charge is -2.30. The second kappa shape index (κ2) is 13.7. The van der Waals surface area contributed by atoms with E-state index in [1.54, 1.807) is 16.7 Å². The van der Waals surface area contributed by atoms with Crippen molar-refractivity contribution in [1.29, 1.82) is 0 Å². The van der Waals surface area contributed by atoms with Gasteiger partial charge in [-0.3, -0.25) is 14.7 Å². The van der Waals surface area contributed by atoms with Gasteiger partial charge in [-0.05, 0) is 92.0 Å². The highest BCUT2D eigenvalue weighted by Gasteiger charge is 2.39. The third-order valence-corrected chi connectivity index (χ3v) is 11.3. The minimum absolute atomic E-state index is 0.0326. The number of ether oxygens (including phenoxy) is 1. The number of hydrogen-bond acceptors (Lipinski definition) is 6. The molecule has 5 nitrogen and oxygen atoms in total. The number of carbonyl (C=O) groups excluding carboxylic acids is 1. The molecule has 0 atom stereocenters. The van der Waals surface area contributed by atoms with Gasteiger partial charge < -0.3 is 9.64 Å². The van der Waals surface area contributed by atoms with E-state index in [2.05, 4.69) is 71.6 Å². The molecule has 0 aromatic heterocycles. The van der Waals surface area contributed by atoms with Gasteiger partial charge in [0.25, 0.3) is 5.91 Å². The zero-order chi connectivity index (χ0) is 30.7. The maximum Gasteiger partial charge on any atom is 0.269 e. The van der Waals surface area contributed by atoms with Gasteiger partial charge in [0.1, 0.15) is 15.7 Å². The van der Waals surface area contributed by atoms with Crippen molar-refractivity contribution in [3.63, 3.8) is 0 Å². The molecule has 0 unspecified atom stereocenters. The van der Waals surface area contributed by atoms with Gasteiger partial charge in [0.05, 0.1) is 12.3 Å². The van der Waals surface area contributed by atoms with E-state index < -0.39 is 0 Å². The van der Waals surface area contributed by atoms with E-state index in [0.29, 0.717) is 24.7 Å². The Morgan fingerprint density at radius 1 is 0.881 bits per heavy atom. The molecule has 2 aromatic rings. The molecule has 8 heteroatoms. The molecular formula is C34H46ClN3O2S2. The number of halogens is 1. The van der Waals surface area contributed by atoms with Gasteiger partial charge in [-0.2, -0.15) is 0 Å². The molecule has 0 radical (unpaired) electrons. The summed E-state index contributed by atoms with van der Waals surface area (Å²) in [4.78, 5) is 24.2. The predicted octanol–water partition coefficient (Wildman–Crippen LogP) is 9.63. The highest BCUT2D eigenvalue weighted by atomic mass is 35.5. The van der Waals surface area contributed by atoms with Crippen LogP contribution in [-0.2, 0) is 15.6 Å². The molecule has 2 aliphatic rings. The Labute approximate surface area is 266 Å². The summed E-state index contributed by atoms with van der Waals surface area (Å²) >= 11 is 9.42. The standard InChI is InChI=1S/C34H46ClN3O2S2/c1-9-33(5,6)23-15-17-27(25(21-23)34(7,8)10-2)40-20-14-13-19-36-32-38(12-4)30(39)29(42-32)31-37(11-3)26-22-24(35)16-18-28(26)41-31/h15-18,21-22H,9-14,19-20H2,1-8H3/b31-29-,36-32?. The number of hydrogen-bond donors (Lipinski definition) is 0. The van der Waals surface area contributed by atoms with Crippen LogP contribution in [0.25, 0.3) is 0 Å². The topological polar surface area (TPSA) is 45.1 Å². The normalized spacial score (nSPS) is 18.4. The molecule has 2 heterocycles. The van der Waals surface area contributed by atoms with E-state index in [1.807, 2.05) is 25.1 Å². The van der Waals surface area contributed by atoms with Gasteiger partial charge in [0.15, 0.2) is 5.17 Å². The third kappa shape index (κ3) is 6.84. The Morgan fingerprint density at radius 2 is 1.60 bits per heavy atom. The number of nitrogens with zero attached hydrogens (tertiary/aromatic N) is 3. The van der Waals surface area contributed by atoms with Crippen LogP contribution in [0.3, 0.4) is 0 Å². The summed E-state index contributed by atoms with van der Waals surface area (Å²) in [6, 6.07) is 12.7. The molecule has 1 amide bonds. The number of likely N-dealkylation sites (N-methyl/N-ethyl adjacent to an activating group) is 1. The minimum atomic E-state index is 0.0326. The van der Waals surface area contributed by atoms with Crippen LogP contribution in [0.2, 0.25) is 5.02 Å². The quantitative estimate of drug-likeness (QED) is 0.173. The van der Waals surface area contributed by atoms with Crippen molar-refractivity contribution in [3.8, 4) is 5.75 Å². The number of fused-ring (bicyclic) bond motifs is 1. The summed E-state index contributed by atoms with van der Waals surface area (Å²) in [6.45, 7) is 20.5. The number of rotatable bonds is 12. The van der Waals surface area contributed by atoms with Crippen molar-refractivity contribution in [2.75, 3.05) is 31.1 Å². The summed E-state index contributed by atoms with van der Waals surface area (Å²) < 4.78 is 6.36. The smallest absolute Gasteiger partial charge is 0.269 e.